The molecule has 0 saturated heterocycles. The number of benzene rings is 2. The Balaban J connectivity index is 1.23. The fourth-order valence-corrected chi connectivity index (χ4v) is 9.03. The van der Waals surface area contributed by atoms with Crippen molar-refractivity contribution in [2.24, 2.45) is 28.6 Å². The lowest BCUT2D eigenvalue weighted by atomic mass is 9.47. The highest BCUT2D eigenvalue weighted by Gasteiger charge is 2.69. The maximum absolute atomic E-state index is 13.6. The van der Waals surface area contributed by atoms with Gasteiger partial charge < -0.3 is 14.2 Å². The predicted molar refractivity (Wildman–Crippen MR) is 162 cm³/mol. The van der Waals surface area contributed by atoms with Crippen molar-refractivity contribution in [3.05, 3.63) is 77.9 Å². The molecule has 4 aliphatic rings. The first kappa shape index (κ1) is 28.8. The summed E-state index contributed by atoms with van der Waals surface area (Å²) in [6.45, 7) is 4.38. The average Bonchev–Trinajstić information content (AvgIpc) is 3.30. The molecule has 0 heterocycles. The molecule has 3 saturated carbocycles. The predicted octanol–water partition coefficient (Wildman–Crippen LogP) is 7.58. The summed E-state index contributed by atoms with van der Waals surface area (Å²) < 4.78 is 17.6. The van der Waals surface area contributed by atoms with Gasteiger partial charge in [0.05, 0.1) is 12.7 Å². The molecule has 0 aliphatic heterocycles. The third-order valence-electron chi connectivity index (χ3n) is 10.8. The van der Waals surface area contributed by atoms with Crippen molar-refractivity contribution in [3.63, 3.8) is 0 Å². The molecule has 0 amide bonds. The second kappa shape index (κ2) is 10.7. The van der Waals surface area contributed by atoms with E-state index in [-0.39, 0.29) is 17.1 Å². The van der Waals surface area contributed by atoms with Gasteiger partial charge in [0.15, 0.2) is 5.78 Å². The van der Waals surface area contributed by atoms with Crippen LogP contribution in [0.4, 0.5) is 0 Å². The van der Waals surface area contributed by atoms with Crippen LogP contribution >= 0.6 is 11.8 Å². The summed E-state index contributed by atoms with van der Waals surface area (Å²) in [6.07, 6.45) is 12.4. The largest absolute Gasteiger partial charge is 0.466 e. The highest BCUT2D eigenvalue weighted by atomic mass is 32.2. The summed E-state index contributed by atoms with van der Waals surface area (Å²) in [5.41, 5.74) is -0.453. The van der Waals surface area contributed by atoms with Crippen molar-refractivity contribution >= 4 is 29.5 Å². The van der Waals surface area contributed by atoms with E-state index in [9.17, 15) is 14.4 Å². The molecule has 6 rings (SSSR count). The molecule has 2 aromatic carbocycles. The van der Waals surface area contributed by atoms with Crippen LogP contribution in [0.5, 0.6) is 11.5 Å². The highest BCUT2D eigenvalue weighted by molar-refractivity contribution is 7.98. The topological polar surface area (TPSA) is 78.9 Å². The van der Waals surface area contributed by atoms with Gasteiger partial charge in [0.1, 0.15) is 11.5 Å². The maximum Gasteiger partial charge on any atom is 0.350 e. The number of rotatable bonds is 6. The number of hydrogen-bond donors (Lipinski definition) is 0. The van der Waals surface area contributed by atoms with Crippen LogP contribution in [-0.2, 0) is 19.1 Å². The van der Waals surface area contributed by atoms with E-state index in [1.165, 1.54) is 12.7 Å². The lowest BCUT2D eigenvalue weighted by molar-refractivity contribution is -0.185. The molecule has 0 spiro atoms. The molecule has 1 unspecified atom stereocenters. The van der Waals surface area contributed by atoms with Gasteiger partial charge in [-0.3, -0.25) is 4.79 Å². The van der Waals surface area contributed by atoms with Crippen molar-refractivity contribution in [2.45, 2.75) is 62.9 Å². The molecular weight excluding hydrogens is 548 g/mol. The molecule has 42 heavy (non-hydrogen) atoms. The summed E-state index contributed by atoms with van der Waals surface area (Å²) in [6, 6.07) is 14.7. The van der Waals surface area contributed by atoms with E-state index in [2.05, 4.69) is 19.9 Å². The van der Waals surface area contributed by atoms with Crippen LogP contribution < -0.4 is 4.74 Å². The lowest BCUT2D eigenvalue weighted by Crippen LogP contribution is -2.59. The molecular formula is C35H38O6S. The van der Waals surface area contributed by atoms with Gasteiger partial charge in [0.25, 0.3) is 0 Å². The lowest BCUT2D eigenvalue weighted by Gasteiger charge is -2.57. The Labute approximate surface area is 251 Å². The Kier molecular flexibility index (Phi) is 7.37. The number of hydrogen-bond acceptors (Lipinski definition) is 7. The minimum Gasteiger partial charge on any atom is -0.466 e. The molecule has 0 bridgehead atoms. The smallest absolute Gasteiger partial charge is 0.350 e. The fraction of sp³-hybridized carbons (Fsp3) is 0.457. The number of fused-ring (bicyclic) bond motifs is 5. The van der Waals surface area contributed by atoms with Crippen molar-refractivity contribution < 1.29 is 28.6 Å². The molecule has 6 nitrogen and oxygen atoms in total. The zero-order valence-corrected chi connectivity index (χ0v) is 25.5. The van der Waals surface area contributed by atoms with Crippen molar-refractivity contribution in [1.29, 1.82) is 0 Å². The van der Waals surface area contributed by atoms with Crippen LogP contribution in [-0.4, -0.2) is 36.7 Å². The maximum atomic E-state index is 13.6. The van der Waals surface area contributed by atoms with E-state index in [0.29, 0.717) is 29.6 Å². The second-order valence-electron chi connectivity index (χ2n) is 12.6. The first-order chi connectivity index (χ1) is 20.1. The first-order valence-electron chi connectivity index (χ1n) is 14.8. The van der Waals surface area contributed by atoms with Crippen molar-refractivity contribution in [3.8, 4) is 11.5 Å². The molecule has 3 fully saturated rings. The van der Waals surface area contributed by atoms with Gasteiger partial charge in [-0.2, -0.15) is 0 Å². The molecule has 4 aliphatic carbocycles. The van der Waals surface area contributed by atoms with Crippen LogP contribution in [0.25, 0.3) is 0 Å². The van der Waals surface area contributed by atoms with Gasteiger partial charge in [0, 0.05) is 15.7 Å². The van der Waals surface area contributed by atoms with Crippen LogP contribution in [0.1, 0.15) is 62.7 Å². The Hall–Kier alpha value is -3.32. The number of methoxy groups -OCH3 is 1. The third kappa shape index (κ3) is 4.52. The number of allylic oxidation sites excluding steroid dienone is 4. The number of ketones is 1. The normalized spacial score (nSPS) is 33.1. The fourth-order valence-electron chi connectivity index (χ4n) is 8.58. The zero-order chi connectivity index (χ0) is 29.7. The van der Waals surface area contributed by atoms with Crippen molar-refractivity contribution in [2.75, 3.05) is 13.4 Å². The van der Waals surface area contributed by atoms with Gasteiger partial charge >= 0.3 is 11.9 Å². The molecule has 2 aromatic rings. The number of ether oxygens (including phenoxy) is 3. The van der Waals surface area contributed by atoms with Gasteiger partial charge in [-0.25, -0.2) is 9.59 Å². The van der Waals surface area contributed by atoms with E-state index < -0.39 is 23.0 Å². The Morgan fingerprint density at radius 3 is 2.45 bits per heavy atom. The quantitative estimate of drug-likeness (QED) is 0.255. The highest BCUT2D eigenvalue weighted by Crippen LogP contribution is 2.68. The molecule has 220 valence electrons. The van der Waals surface area contributed by atoms with Crippen LogP contribution in [0.2, 0.25) is 0 Å². The van der Waals surface area contributed by atoms with E-state index >= 15 is 0 Å². The van der Waals surface area contributed by atoms with Crippen LogP contribution in [0, 0.1) is 28.6 Å². The van der Waals surface area contributed by atoms with Crippen LogP contribution in [0.3, 0.4) is 0 Å². The summed E-state index contributed by atoms with van der Waals surface area (Å²) in [5, 5.41) is 0. The van der Waals surface area contributed by atoms with Gasteiger partial charge in [-0.15, -0.1) is 11.8 Å². The molecule has 0 N–H and O–H groups in total. The number of carbonyl (C=O) groups is 3. The summed E-state index contributed by atoms with van der Waals surface area (Å²) in [5.74, 6) is 1.36. The van der Waals surface area contributed by atoms with Crippen molar-refractivity contribution in [1.82, 2.24) is 0 Å². The summed E-state index contributed by atoms with van der Waals surface area (Å²) in [7, 11) is 1.38. The van der Waals surface area contributed by atoms with E-state index in [4.69, 9.17) is 14.2 Å². The van der Waals surface area contributed by atoms with Gasteiger partial charge in [-0.05, 0) is 117 Å². The van der Waals surface area contributed by atoms with Gasteiger partial charge in [-0.1, -0.05) is 31.6 Å². The number of thioether (sulfide) groups is 1. The minimum absolute atomic E-state index is 0.0726. The summed E-state index contributed by atoms with van der Waals surface area (Å²) in [4.78, 5) is 40.4. The van der Waals surface area contributed by atoms with Crippen LogP contribution in [0.15, 0.2) is 77.2 Å². The minimum atomic E-state index is -1.35. The Morgan fingerprint density at radius 2 is 1.71 bits per heavy atom. The molecule has 6 atom stereocenters. The second-order valence-corrected chi connectivity index (χ2v) is 13.5. The third-order valence-corrected chi connectivity index (χ3v) is 11.6. The Morgan fingerprint density at radius 1 is 0.952 bits per heavy atom. The molecule has 0 aromatic heterocycles. The zero-order valence-electron chi connectivity index (χ0n) is 24.7. The van der Waals surface area contributed by atoms with E-state index in [1.54, 1.807) is 42.1 Å². The molecule has 0 radical (unpaired) electrons. The van der Waals surface area contributed by atoms with Gasteiger partial charge in [0.2, 0.25) is 5.60 Å². The molecule has 7 heteroatoms. The monoisotopic (exact) mass is 586 g/mol. The van der Waals surface area contributed by atoms with E-state index in [0.717, 1.165) is 42.7 Å². The number of esters is 2. The summed E-state index contributed by atoms with van der Waals surface area (Å²) >= 11 is 1.64. The van der Waals surface area contributed by atoms with E-state index in [1.807, 2.05) is 36.6 Å². The average molecular weight is 587 g/mol. The number of carbonyl (C=O) groups excluding carboxylic acids is 3. The standard InChI is InChI=1S/C35H38O6S/c1-33-17-14-24(36)20-23(33)10-13-28-29(33)15-18-34(2)30(28)16-19-35(34,32(38)39-3)41-31(37)22-8-11-25(12-9-22)40-26-6-5-7-27(21-26)42-4/h5-9,11-12,14,17,20-21,28-30H,10,13,15-16,18-19H2,1-4H3/t28-,29+,30+,33+,34+,35?/m1/s1. The Bertz CT molecular complexity index is 1480. The SMILES string of the molecule is COC(=O)C1(OC(=O)c2ccc(Oc3cccc(SC)c3)cc2)CC[C@H]2[C@@H]3CCC4=CC(=O)C=C[C@]4(C)[C@H]3CC[C@@]21C. The first-order valence-corrected chi connectivity index (χ1v) is 16.0.